The molecule has 0 aromatic carbocycles. The largest absolute Gasteiger partial charge is 0.396 e. The Balaban J connectivity index is 2.31. The average Bonchev–Trinajstić information content (AvgIpc) is 2.71. The minimum Gasteiger partial charge on any atom is -0.396 e. The molecule has 2 atom stereocenters. The van der Waals surface area contributed by atoms with Crippen LogP contribution in [0.15, 0.2) is 0 Å². The Labute approximate surface area is 90.2 Å². The Bertz CT molecular complexity index is 187. The first-order chi connectivity index (χ1) is 7.27. The molecule has 1 fully saturated rings. The molecule has 0 aromatic heterocycles. The van der Waals surface area contributed by atoms with Crippen LogP contribution in [-0.2, 0) is 9.53 Å². The molecule has 0 radical (unpaired) electrons. The smallest absolute Gasteiger partial charge is 0.237 e. The number of methoxy groups -OCH3 is 1. The van der Waals surface area contributed by atoms with Crippen molar-refractivity contribution in [2.75, 3.05) is 26.9 Å². The van der Waals surface area contributed by atoms with Crippen molar-refractivity contribution >= 4 is 5.91 Å². The summed E-state index contributed by atoms with van der Waals surface area (Å²) in [5, 5.41) is 14.8. The summed E-state index contributed by atoms with van der Waals surface area (Å²) in [6.45, 7) is 1.42. The van der Waals surface area contributed by atoms with Crippen LogP contribution in [0.4, 0.5) is 0 Å². The maximum Gasteiger partial charge on any atom is 0.237 e. The van der Waals surface area contributed by atoms with Crippen LogP contribution in [0, 0.1) is 0 Å². The number of ether oxygens (including phenoxy) is 1. The highest BCUT2D eigenvalue weighted by Crippen LogP contribution is 2.05. The van der Waals surface area contributed by atoms with E-state index < -0.39 is 0 Å². The molecule has 1 saturated heterocycles. The molecule has 3 N–H and O–H groups in total. The van der Waals surface area contributed by atoms with Gasteiger partial charge in [-0.15, -0.1) is 0 Å². The standard InChI is InChI=1S/C10H20N2O3/c1-15-7-8(4-6-13)12-10(14)9-3-2-5-11-9/h8-9,11,13H,2-7H2,1H3,(H,12,14)/t8?,9-/m1/s1. The van der Waals surface area contributed by atoms with Gasteiger partial charge in [-0.05, 0) is 25.8 Å². The normalized spacial score (nSPS) is 22.7. The molecule has 1 aliphatic rings. The van der Waals surface area contributed by atoms with E-state index in [4.69, 9.17) is 9.84 Å². The predicted octanol–water partition coefficient (Wildman–Crippen LogP) is -0.748. The summed E-state index contributed by atoms with van der Waals surface area (Å²) in [6.07, 6.45) is 2.48. The highest BCUT2D eigenvalue weighted by atomic mass is 16.5. The van der Waals surface area contributed by atoms with E-state index in [9.17, 15) is 4.79 Å². The van der Waals surface area contributed by atoms with Gasteiger partial charge in [-0.3, -0.25) is 4.79 Å². The molecule has 5 heteroatoms. The molecule has 88 valence electrons. The Kier molecular flexibility index (Phi) is 5.60. The topological polar surface area (TPSA) is 70.6 Å². The van der Waals surface area contributed by atoms with E-state index in [-0.39, 0.29) is 24.6 Å². The quantitative estimate of drug-likeness (QED) is 0.546. The molecule has 1 rings (SSSR count). The molecule has 0 saturated carbocycles. The lowest BCUT2D eigenvalue weighted by atomic mass is 10.1. The summed E-state index contributed by atoms with van der Waals surface area (Å²) < 4.78 is 4.97. The second-order valence-corrected chi connectivity index (χ2v) is 3.82. The van der Waals surface area contributed by atoms with E-state index in [1.165, 1.54) is 0 Å². The fourth-order valence-corrected chi connectivity index (χ4v) is 1.76. The number of rotatable bonds is 6. The fraction of sp³-hybridized carbons (Fsp3) is 0.900. The van der Waals surface area contributed by atoms with Gasteiger partial charge in [0.25, 0.3) is 0 Å². The van der Waals surface area contributed by atoms with Gasteiger partial charge in [0.2, 0.25) is 5.91 Å². The van der Waals surface area contributed by atoms with Crippen LogP contribution in [-0.4, -0.2) is 50.0 Å². The summed E-state index contributed by atoms with van der Waals surface area (Å²) in [4.78, 5) is 11.7. The second kappa shape index (κ2) is 6.76. The van der Waals surface area contributed by atoms with Gasteiger partial charge in [0.15, 0.2) is 0 Å². The van der Waals surface area contributed by atoms with E-state index >= 15 is 0 Å². The minimum absolute atomic E-state index is 0.0167. The van der Waals surface area contributed by atoms with E-state index in [2.05, 4.69) is 10.6 Å². The second-order valence-electron chi connectivity index (χ2n) is 3.82. The molecule has 1 amide bonds. The van der Waals surface area contributed by atoms with Gasteiger partial charge in [-0.25, -0.2) is 0 Å². The molecule has 0 aromatic rings. The van der Waals surface area contributed by atoms with Crippen LogP contribution in [0.2, 0.25) is 0 Å². The SMILES string of the molecule is COCC(CCO)NC(=O)[C@H]1CCCN1. The number of hydrogen-bond donors (Lipinski definition) is 3. The Hall–Kier alpha value is -0.650. The summed E-state index contributed by atoms with van der Waals surface area (Å²) >= 11 is 0. The summed E-state index contributed by atoms with van der Waals surface area (Å²) in [5.41, 5.74) is 0. The highest BCUT2D eigenvalue weighted by Gasteiger charge is 2.23. The third-order valence-electron chi connectivity index (χ3n) is 2.57. The van der Waals surface area contributed by atoms with Crippen LogP contribution >= 0.6 is 0 Å². The minimum atomic E-state index is -0.0881. The number of aliphatic hydroxyl groups is 1. The molecule has 1 unspecified atom stereocenters. The molecule has 0 aliphatic carbocycles. The van der Waals surface area contributed by atoms with E-state index in [0.29, 0.717) is 13.0 Å². The van der Waals surface area contributed by atoms with E-state index in [1.807, 2.05) is 0 Å². The maximum atomic E-state index is 11.7. The monoisotopic (exact) mass is 216 g/mol. The van der Waals surface area contributed by atoms with Gasteiger partial charge in [0.1, 0.15) is 0 Å². The Morgan fingerprint density at radius 2 is 2.53 bits per heavy atom. The van der Waals surface area contributed by atoms with Gasteiger partial charge >= 0.3 is 0 Å². The zero-order valence-corrected chi connectivity index (χ0v) is 9.16. The number of amides is 1. The van der Waals surface area contributed by atoms with Crippen LogP contribution in [0.5, 0.6) is 0 Å². The molecule has 0 bridgehead atoms. The third kappa shape index (κ3) is 4.15. The van der Waals surface area contributed by atoms with Gasteiger partial charge in [0, 0.05) is 13.7 Å². The van der Waals surface area contributed by atoms with Gasteiger partial charge in [0.05, 0.1) is 18.7 Å². The van der Waals surface area contributed by atoms with Crippen molar-refractivity contribution in [1.82, 2.24) is 10.6 Å². The van der Waals surface area contributed by atoms with Crippen LogP contribution in [0.1, 0.15) is 19.3 Å². The summed E-state index contributed by atoms with van der Waals surface area (Å²) in [7, 11) is 1.59. The van der Waals surface area contributed by atoms with Crippen molar-refractivity contribution in [2.24, 2.45) is 0 Å². The number of carbonyl (C=O) groups is 1. The lowest BCUT2D eigenvalue weighted by Gasteiger charge is -2.19. The van der Waals surface area contributed by atoms with Crippen molar-refractivity contribution in [3.63, 3.8) is 0 Å². The Morgan fingerprint density at radius 3 is 3.07 bits per heavy atom. The van der Waals surface area contributed by atoms with Crippen LogP contribution in [0.3, 0.4) is 0 Å². The lowest BCUT2D eigenvalue weighted by molar-refractivity contribution is -0.124. The molecule has 0 spiro atoms. The van der Waals surface area contributed by atoms with E-state index in [1.54, 1.807) is 7.11 Å². The first kappa shape index (κ1) is 12.4. The third-order valence-corrected chi connectivity index (χ3v) is 2.57. The lowest BCUT2D eigenvalue weighted by Crippen LogP contribution is -2.47. The van der Waals surface area contributed by atoms with Gasteiger partial charge in [-0.2, -0.15) is 0 Å². The molecule has 5 nitrogen and oxygen atoms in total. The predicted molar refractivity (Wildman–Crippen MR) is 56.5 cm³/mol. The van der Waals surface area contributed by atoms with Crippen LogP contribution in [0.25, 0.3) is 0 Å². The fourth-order valence-electron chi connectivity index (χ4n) is 1.76. The van der Waals surface area contributed by atoms with Crippen molar-refractivity contribution in [3.8, 4) is 0 Å². The highest BCUT2D eigenvalue weighted by molar-refractivity contribution is 5.82. The molecular formula is C10H20N2O3. The first-order valence-electron chi connectivity index (χ1n) is 5.41. The average molecular weight is 216 g/mol. The summed E-state index contributed by atoms with van der Waals surface area (Å²) in [6, 6.07) is -0.155. The van der Waals surface area contributed by atoms with Crippen molar-refractivity contribution in [1.29, 1.82) is 0 Å². The molecule has 1 aliphatic heterocycles. The van der Waals surface area contributed by atoms with Crippen molar-refractivity contribution in [3.05, 3.63) is 0 Å². The van der Waals surface area contributed by atoms with Crippen molar-refractivity contribution < 1.29 is 14.6 Å². The van der Waals surface area contributed by atoms with Gasteiger partial charge < -0.3 is 20.5 Å². The number of aliphatic hydroxyl groups excluding tert-OH is 1. The first-order valence-corrected chi connectivity index (χ1v) is 5.41. The number of hydrogen-bond acceptors (Lipinski definition) is 4. The number of nitrogens with one attached hydrogen (secondary N) is 2. The summed E-state index contributed by atoms with van der Waals surface area (Å²) in [5.74, 6) is 0.0167. The van der Waals surface area contributed by atoms with Crippen molar-refractivity contribution in [2.45, 2.75) is 31.3 Å². The molecular weight excluding hydrogens is 196 g/mol. The molecule has 15 heavy (non-hydrogen) atoms. The maximum absolute atomic E-state index is 11.7. The van der Waals surface area contributed by atoms with Crippen LogP contribution < -0.4 is 10.6 Å². The Morgan fingerprint density at radius 1 is 1.73 bits per heavy atom. The zero-order valence-electron chi connectivity index (χ0n) is 9.16. The molecule has 1 heterocycles. The van der Waals surface area contributed by atoms with Gasteiger partial charge in [-0.1, -0.05) is 0 Å². The zero-order chi connectivity index (χ0) is 11.1. The number of carbonyl (C=O) groups excluding carboxylic acids is 1. The van der Waals surface area contributed by atoms with E-state index in [0.717, 1.165) is 19.4 Å².